The third-order valence-electron chi connectivity index (χ3n) is 2.59. The summed E-state index contributed by atoms with van der Waals surface area (Å²) >= 11 is 5.61. The molecule has 2 heterocycles. The largest absolute Gasteiger partial charge is 0.480 e. The van der Waals surface area contributed by atoms with Crippen molar-refractivity contribution < 1.29 is 14.3 Å². The van der Waals surface area contributed by atoms with E-state index in [2.05, 4.69) is 10.3 Å². The van der Waals surface area contributed by atoms with E-state index >= 15 is 0 Å². The summed E-state index contributed by atoms with van der Waals surface area (Å²) in [6.07, 6.45) is 1.31. The molecular weight excluding hydrogens is 249 g/mol. The van der Waals surface area contributed by atoms with Gasteiger partial charge in [-0.2, -0.15) is 0 Å². The Morgan fingerprint density at radius 1 is 1.71 bits per heavy atom. The summed E-state index contributed by atoms with van der Waals surface area (Å²) in [4.78, 5) is 16.4. The van der Waals surface area contributed by atoms with Crippen LogP contribution in [-0.2, 0) is 4.79 Å². The van der Waals surface area contributed by atoms with Gasteiger partial charge < -0.3 is 15.3 Å². The Kier molecular flexibility index (Phi) is 3.44. The van der Waals surface area contributed by atoms with Gasteiger partial charge in [0.25, 0.3) is 0 Å². The molecule has 5 nitrogen and oxygen atoms in total. The van der Waals surface area contributed by atoms with Crippen LogP contribution >= 0.6 is 11.6 Å². The van der Waals surface area contributed by atoms with Gasteiger partial charge in [-0.3, -0.25) is 0 Å². The van der Waals surface area contributed by atoms with Crippen molar-refractivity contribution in [2.24, 2.45) is 0 Å². The number of hydrogen-bond donors (Lipinski definition) is 2. The van der Waals surface area contributed by atoms with Crippen LogP contribution in [0, 0.1) is 5.82 Å². The number of aromatic nitrogens is 1. The predicted molar refractivity (Wildman–Crippen MR) is 60.8 cm³/mol. The minimum atomic E-state index is -1.01. The number of halogens is 2. The number of hydrogen-bond acceptors (Lipinski definition) is 4. The molecule has 0 aromatic carbocycles. The summed E-state index contributed by atoms with van der Waals surface area (Å²) < 4.78 is 13.7. The molecule has 0 saturated carbocycles. The van der Waals surface area contributed by atoms with Gasteiger partial charge in [0.2, 0.25) is 0 Å². The second kappa shape index (κ2) is 4.85. The second-order valence-electron chi connectivity index (χ2n) is 3.71. The first kappa shape index (κ1) is 12.1. The maximum Gasteiger partial charge on any atom is 0.327 e. The highest BCUT2D eigenvalue weighted by molar-refractivity contribution is 6.30. The van der Waals surface area contributed by atoms with Crippen molar-refractivity contribution in [1.82, 2.24) is 10.3 Å². The van der Waals surface area contributed by atoms with E-state index in [0.29, 0.717) is 13.1 Å². The van der Waals surface area contributed by atoms with Gasteiger partial charge in [0.05, 0.1) is 5.02 Å². The van der Waals surface area contributed by atoms with Crippen molar-refractivity contribution in [2.75, 3.05) is 24.5 Å². The van der Waals surface area contributed by atoms with Crippen molar-refractivity contribution >= 4 is 23.4 Å². The van der Waals surface area contributed by atoms with Crippen molar-refractivity contribution in [1.29, 1.82) is 0 Å². The number of rotatable bonds is 2. The normalized spacial score (nSPS) is 20.4. The van der Waals surface area contributed by atoms with Crippen molar-refractivity contribution in [3.8, 4) is 0 Å². The number of anilines is 1. The maximum absolute atomic E-state index is 13.7. The minimum Gasteiger partial charge on any atom is -0.480 e. The standard InChI is InChI=1S/C10H11ClFN3O2/c11-6-3-7(12)9(14-4-6)15-2-1-13-5-8(15)10(16)17/h3-4,8,13H,1-2,5H2,(H,16,17). The summed E-state index contributed by atoms with van der Waals surface area (Å²) in [5.74, 6) is -1.58. The number of carboxylic acids is 1. The molecule has 1 atom stereocenters. The lowest BCUT2D eigenvalue weighted by Gasteiger charge is -2.34. The zero-order chi connectivity index (χ0) is 12.4. The van der Waals surface area contributed by atoms with E-state index in [9.17, 15) is 9.18 Å². The monoisotopic (exact) mass is 259 g/mol. The molecule has 1 unspecified atom stereocenters. The third-order valence-corrected chi connectivity index (χ3v) is 2.80. The number of piperazine rings is 1. The maximum atomic E-state index is 13.7. The number of nitrogens with zero attached hydrogens (tertiary/aromatic N) is 2. The average molecular weight is 260 g/mol. The molecule has 0 spiro atoms. The van der Waals surface area contributed by atoms with Gasteiger partial charge in [-0.05, 0) is 6.07 Å². The molecular formula is C10H11ClFN3O2. The lowest BCUT2D eigenvalue weighted by molar-refractivity contribution is -0.138. The fraction of sp³-hybridized carbons (Fsp3) is 0.400. The summed E-state index contributed by atoms with van der Waals surface area (Å²) in [6.45, 7) is 1.25. The highest BCUT2D eigenvalue weighted by Crippen LogP contribution is 2.22. The molecule has 1 aromatic heterocycles. The van der Waals surface area contributed by atoms with Crippen LogP contribution in [-0.4, -0.2) is 41.7 Å². The van der Waals surface area contributed by atoms with Gasteiger partial charge in [0, 0.05) is 25.8 Å². The Bertz CT molecular complexity index is 444. The van der Waals surface area contributed by atoms with E-state index < -0.39 is 17.8 Å². The molecule has 0 amide bonds. The van der Waals surface area contributed by atoms with E-state index in [4.69, 9.17) is 16.7 Å². The van der Waals surface area contributed by atoms with Crippen molar-refractivity contribution in [2.45, 2.75) is 6.04 Å². The van der Waals surface area contributed by atoms with Gasteiger partial charge in [-0.1, -0.05) is 11.6 Å². The number of carbonyl (C=O) groups is 1. The molecule has 1 fully saturated rings. The van der Waals surface area contributed by atoms with Gasteiger partial charge in [0.15, 0.2) is 11.6 Å². The van der Waals surface area contributed by atoms with E-state index in [0.717, 1.165) is 6.07 Å². The zero-order valence-electron chi connectivity index (χ0n) is 8.86. The lowest BCUT2D eigenvalue weighted by atomic mass is 10.2. The SMILES string of the molecule is O=C(O)C1CNCCN1c1ncc(Cl)cc1F. The first-order valence-corrected chi connectivity index (χ1v) is 5.48. The molecule has 2 N–H and O–H groups in total. The summed E-state index contributed by atoms with van der Waals surface area (Å²) in [5.41, 5.74) is 0. The fourth-order valence-electron chi connectivity index (χ4n) is 1.80. The van der Waals surface area contributed by atoms with Crippen LogP contribution in [0.2, 0.25) is 5.02 Å². The Morgan fingerprint density at radius 3 is 3.12 bits per heavy atom. The fourth-order valence-corrected chi connectivity index (χ4v) is 1.94. The van der Waals surface area contributed by atoms with Crippen molar-refractivity contribution in [3.63, 3.8) is 0 Å². The van der Waals surface area contributed by atoms with Gasteiger partial charge in [0.1, 0.15) is 6.04 Å². The van der Waals surface area contributed by atoms with Crippen LogP contribution in [0.5, 0.6) is 0 Å². The molecule has 1 aliphatic heterocycles. The Labute approximate surface area is 102 Å². The Morgan fingerprint density at radius 2 is 2.47 bits per heavy atom. The molecule has 1 aromatic rings. The van der Waals surface area contributed by atoms with Crippen LogP contribution in [0.4, 0.5) is 10.2 Å². The number of aliphatic carboxylic acids is 1. The summed E-state index contributed by atoms with van der Waals surface area (Å²) in [5, 5.41) is 12.2. The van der Waals surface area contributed by atoms with Gasteiger partial charge in [-0.15, -0.1) is 0 Å². The minimum absolute atomic E-state index is 0.0308. The van der Waals surface area contributed by atoms with Crippen LogP contribution in [0.15, 0.2) is 12.3 Å². The molecule has 7 heteroatoms. The number of carboxylic acid groups (broad SMARTS) is 1. The molecule has 0 bridgehead atoms. The highest BCUT2D eigenvalue weighted by atomic mass is 35.5. The Balaban J connectivity index is 2.32. The third kappa shape index (κ3) is 2.48. The van der Waals surface area contributed by atoms with Gasteiger partial charge >= 0.3 is 5.97 Å². The Hall–Kier alpha value is -1.40. The molecule has 17 heavy (non-hydrogen) atoms. The zero-order valence-corrected chi connectivity index (χ0v) is 9.62. The highest BCUT2D eigenvalue weighted by Gasteiger charge is 2.30. The molecule has 0 aliphatic carbocycles. The van der Waals surface area contributed by atoms with Crippen LogP contribution in [0.3, 0.4) is 0 Å². The smallest absolute Gasteiger partial charge is 0.327 e. The quantitative estimate of drug-likeness (QED) is 0.820. The van der Waals surface area contributed by atoms with E-state index in [1.807, 2.05) is 0 Å². The topological polar surface area (TPSA) is 65.5 Å². The molecule has 92 valence electrons. The van der Waals surface area contributed by atoms with Crippen LogP contribution in [0.1, 0.15) is 0 Å². The summed E-state index contributed by atoms with van der Waals surface area (Å²) in [6, 6.07) is 0.317. The van der Waals surface area contributed by atoms with E-state index in [1.54, 1.807) is 0 Å². The average Bonchev–Trinajstić information content (AvgIpc) is 2.29. The second-order valence-corrected chi connectivity index (χ2v) is 4.15. The first-order chi connectivity index (χ1) is 8.09. The molecule has 1 saturated heterocycles. The number of nitrogens with one attached hydrogen (secondary N) is 1. The number of pyridine rings is 1. The molecule has 0 radical (unpaired) electrons. The van der Waals surface area contributed by atoms with Gasteiger partial charge in [-0.25, -0.2) is 14.2 Å². The van der Waals surface area contributed by atoms with E-state index in [1.165, 1.54) is 11.1 Å². The van der Waals surface area contributed by atoms with Crippen molar-refractivity contribution in [3.05, 3.63) is 23.1 Å². The first-order valence-electron chi connectivity index (χ1n) is 5.11. The van der Waals surface area contributed by atoms with E-state index in [-0.39, 0.29) is 17.4 Å². The lowest BCUT2D eigenvalue weighted by Crippen LogP contribution is -2.55. The molecule has 1 aliphatic rings. The van der Waals surface area contributed by atoms with Crippen LogP contribution < -0.4 is 10.2 Å². The predicted octanol–water partition coefficient (Wildman–Crippen LogP) is 0.737. The van der Waals surface area contributed by atoms with Crippen LogP contribution in [0.25, 0.3) is 0 Å². The summed E-state index contributed by atoms with van der Waals surface area (Å²) in [7, 11) is 0. The molecule has 2 rings (SSSR count).